The van der Waals surface area contributed by atoms with Gasteiger partial charge in [-0.3, -0.25) is 4.79 Å². The fourth-order valence-corrected chi connectivity index (χ4v) is 3.48. The number of carboxylic acids is 1. The molecule has 1 unspecified atom stereocenters. The molecule has 0 saturated heterocycles. The molecule has 0 fully saturated rings. The Kier molecular flexibility index (Phi) is 5.35. The van der Waals surface area contributed by atoms with Gasteiger partial charge >= 0.3 is 5.97 Å². The number of hydrogen-bond acceptors (Lipinski definition) is 5. The third kappa shape index (κ3) is 3.95. The van der Waals surface area contributed by atoms with Crippen LogP contribution in [-0.4, -0.2) is 33.9 Å². The van der Waals surface area contributed by atoms with Crippen LogP contribution in [-0.2, 0) is 4.79 Å². The Labute approximate surface area is 180 Å². The molecule has 4 rings (SSSR count). The number of nitrogens with zero attached hydrogens (tertiary/aromatic N) is 2. The van der Waals surface area contributed by atoms with Gasteiger partial charge < -0.3 is 20.5 Å². The number of halogens is 2. The number of aliphatic carboxylic acids is 1. The van der Waals surface area contributed by atoms with E-state index in [1.54, 1.807) is 12.1 Å². The highest BCUT2D eigenvalue weighted by Gasteiger charge is 2.29. The summed E-state index contributed by atoms with van der Waals surface area (Å²) in [6.45, 7) is 0. The zero-order valence-electron chi connectivity index (χ0n) is 16.1. The summed E-state index contributed by atoms with van der Waals surface area (Å²) in [6, 6.07) is 9.74. The third-order valence-electron chi connectivity index (χ3n) is 4.73. The number of nitrogens with one attached hydrogen (secondary N) is 2. The first kappa shape index (κ1) is 20.4. The molecular weight excluding hydrogens is 427 g/mol. The molecule has 0 radical (unpaired) electrons. The standard InChI is InChI=1S/C21H16ClFN4O4/c1-31-18-7-6-13(8-15(18)22)25-20(28)14-10-24-27-17(11-2-4-12(23)5-3-11)9-16(21(29)30)26-19(14)27/h2-10,17,26H,1H3,(H,25,28)(H,29,30). The molecule has 2 aromatic carbocycles. The van der Waals surface area contributed by atoms with Gasteiger partial charge in [-0.2, -0.15) is 5.10 Å². The Morgan fingerprint density at radius 2 is 2.00 bits per heavy atom. The van der Waals surface area contributed by atoms with Crippen LogP contribution in [0.25, 0.3) is 0 Å². The Balaban J connectivity index is 1.68. The van der Waals surface area contributed by atoms with E-state index in [9.17, 15) is 19.1 Å². The number of amides is 1. The molecule has 1 amide bonds. The van der Waals surface area contributed by atoms with Gasteiger partial charge in [0, 0.05) is 5.69 Å². The quantitative estimate of drug-likeness (QED) is 0.553. The molecule has 1 aliphatic rings. The van der Waals surface area contributed by atoms with E-state index in [1.165, 1.54) is 54.4 Å². The lowest BCUT2D eigenvalue weighted by atomic mass is 10.0. The van der Waals surface area contributed by atoms with Crippen molar-refractivity contribution < 1.29 is 23.8 Å². The molecule has 0 saturated carbocycles. The van der Waals surface area contributed by atoms with Crippen LogP contribution in [0.3, 0.4) is 0 Å². The first-order chi connectivity index (χ1) is 14.9. The second-order valence-electron chi connectivity index (χ2n) is 6.66. The zero-order valence-corrected chi connectivity index (χ0v) is 16.9. The predicted molar refractivity (Wildman–Crippen MR) is 112 cm³/mol. The fourth-order valence-electron chi connectivity index (χ4n) is 3.23. The summed E-state index contributed by atoms with van der Waals surface area (Å²) in [5.74, 6) is -1.47. The Morgan fingerprint density at radius 1 is 1.26 bits per heavy atom. The lowest BCUT2D eigenvalue weighted by Gasteiger charge is -2.24. The maximum absolute atomic E-state index is 13.3. The second kappa shape index (κ2) is 8.11. The lowest BCUT2D eigenvalue weighted by Crippen LogP contribution is -2.25. The van der Waals surface area contributed by atoms with Crippen molar-refractivity contribution >= 4 is 35.0 Å². The smallest absolute Gasteiger partial charge is 0.352 e. The number of benzene rings is 2. The van der Waals surface area contributed by atoms with Gasteiger partial charge in [-0.05, 0) is 42.0 Å². The molecule has 158 valence electrons. The molecule has 1 atom stereocenters. The van der Waals surface area contributed by atoms with Crippen LogP contribution in [0, 0.1) is 5.82 Å². The monoisotopic (exact) mass is 442 g/mol. The maximum atomic E-state index is 13.3. The molecule has 8 nitrogen and oxygen atoms in total. The molecule has 1 aromatic heterocycles. The number of fused-ring (bicyclic) bond motifs is 1. The summed E-state index contributed by atoms with van der Waals surface area (Å²) >= 11 is 6.10. The summed E-state index contributed by atoms with van der Waals surface area (Å²) < 4.78 is 19.9. The number of anilines is 2. The highest BCUT2D eigenvalue weighted by atomic mass is 35.5. The van der Waals surface area contributed by atoms with Crippen molar-refractivity contribution in [3.63, 3.8) is 0 Å². The number of methoxy groups -OCH3 is 1. The molecule has 2 heterocycles. The highest BCUT2D eigenvalue weighted by Crippen LogP contribution is 2.33. The van der Waals surface area contributed by atoms with E-state index in [0.717, 1.165) is 0 Å². The normalized spacial score (nSPS) is 14.8. The first-order valence-electron chi connectivity index (χ1n) is 9.07. The van der Waals surface area contributed by atoms with Crippen LogP contribution in [0.2, 0.25) is 5.02 Å². The van der Waals surface area contributed by atoms with Crippen LogP contribution < -0.4 is 15.4 Å². The Bertz CT molecular complexity index is 1210. The van der Waals surface area contributed by atoms with Crippen molar-refractivity contribution in [1.29, 1.82) is 0 Å². The van der Waals surface area contributed by atoms with E-state index in [2.05, 4.69) is 15.7 Å². The predicted octanol–water partition coefficient (Wildman–Crippen LogP) is 3.92. The number of carbonyl (C=O) groups excluding carboxylic acids is 1. The van der Waals surface area contributed by atoms with Gasteiger partial charge in [-0.15, -0.1) is 0 Å². The molecule has 10 heteroatoms. The van der Waals surface area contributed by atoms with Crippen LogP contribution >= 0.6 is 11.6 Å². The molecule has 1 aliphatic heterocycles. The Morgan fingerprint density at radius 3 is 2.65 bits per heavy atom. The van der Waals surface area contributed by atoms with Crippen molar-refractivity contribution in [2.75, 3.05) is 17.7 Å². The number of hydrogen-bond donors (Lipinski definition) is 3. The first-order valence-corrected chi connectivity index (χ1v) is 9.45. The van der Waals surface area contributed by atoms with E-state index < -0.39 is 23.7 Å². The number of aromatic nitrogens is 2. The van der Waals surface area contributed by atoms with Gasteiger partial charge in [0.1, 0.15) is 28.6 Å². The third-order valence-corrected chi connectivity index (χ3v) is 5.03. The number of allylic oxidation sites excluding steroid dienone is 1. The molecule has 3 aromatic rings. The second-order valence-corrected chi connectivity index (χ2v) is 7.07. The van der Waals surface area contributed by atoms with Crippen molar-refractivity contribution in [2.24, 2.45) is 0 Å². The summed E-state index contributed by atoms with van der Waals surface area (Å²) in [7, 11) is 1.48. The van der Waals surface area contributed by atoms with Crippen LogP contribution in [0.15, 0.2) is 60.4 Å². The van der Waals surface area contributed by atoms with Crippen molar-refractivity contribution in [1.82, 2.24) is 9.78 Å². The van der Waals surface area contributed by atoms with Gasteiger partial charge in [0.05, 0.1) is 24.4 Å². The van der Waals surface area contributed by atoms with Crippen LogP contribution in [0.4, 0.5) is 15.9 Å². The van der Waals surface area contributed by atoms with E-state index >= 15 is 0 Å². The largest absolute Gasteiger partial charge is 0.495 e. The number of ether oxygens (including phenoxy) is 1. The minimum atomic E-state index is -1.20. The number of carboxylic acid groups (broad SMARTS) is 1. The fraction of sp³-hybridized carbons (Fsp3) is 0.0952. The maximum Gasteiger partial charge on any atom is 0.352 e. The molecular formula is C21H16ClFN4O4. The van der Waals surface area contributed by atoms with Gasteiger partial charge in [-0.25, -0.2) is 13.9 Å². The summed E-state index contributed by atoms with van der Waals surface area (Å²) in [5.41, 5.74) is 1.05. The molecule has 3 N–H and O–H groups in total. The topological polar surface area (TPSA) is 105 Å². The molecule has 0 aliphatic carbocycles. The van der Waals surface area contributed by atoms with Crippen molar-refractivity contribution in [2.45, 2.75) is 6.04 Å². The van der Waals surface area contributed by atoms with E-state index in [-0.39, 0.29) is 17.1 Å². The SMILES string of the molecule is COc1ccc(NC(=O)c2cnn3c2NC(C(=O)O)=CC3c2ccc(F)cc2)cc1Cl. The lowest BCUT2D eigenvalue weighted by molar-refractivity contribution is -0.132. The van der Waals surface area contributed by atoms with Gasteiger partial charge in [-0.1, -0.05) is 23.7 Å². The Hall–Kier alpha value is -3.85. The number of carbonyl (C=O) groups is 2. The highest BCUT2D eigenvalue weighted by molar-refractivity contribution is 6.32. The van der Waals surface area contributed by atoms with Crippen molar-refractivity contribution in [3.8, 4) is 5.75 Å². The van der Waals surface area contributed by atoms with Gasteiger partial charge in [0.15, 0.2) is 0 Å². The van der Waals surface area contributed by atoms with Crippen LogP contribution in [0.1, 0.15) is 22.0 Å². The van der Waals surface area contributed by atoms with E-state index in [1.807, 2.05) is 0 Å². The summed E-state index contributed by atoms with van der Waals surface area (Å²) in [5, 5.41) is 19.5. The zero-order chi connectivity index (χ0) is 22.1. The molecule has 0 spiro atoms. The van der Waals surface area contributed by atoms with E-state index in [0.29, 0.717) is 22.0 Å². The molecule has 31 heavy (non-hydrogen) atoms. The van der Waals surface area contributed by atoms with Crippen molar-refractivity contribution in [3.05, 3.63) is 82.4 Å². The van der Waals surface area contributed by atoms with Gasteiger partial charge in [0.2, 0.25) is 0 Å². The minimum absolute atomic E-state index is 0.121. The van der Waals surface area contributed by atoms with Crippen LogP contribution in [0.5, 0.6) is 5.75 Å². The summed E-state index contributed by atoms with van der Waals surface area (Å²) in [4.78, 5) is 24.5. The summed E-state index contributed by atoms with van der Waals surface area (Å²) in [6.07, 6.45) is 2.78. The van der Waals surface area contributed by atoms with E-state index in [4.69, 9.17) is 16.3 Å². The minimum Gasteiger partial charge on any atom is -0.495 e. The number of rotatable bonds is 5. The average molecular weight is 443 g/mol. The average Bonchev–Trinajstić information content (AvgIpc) is 3.18. The molecule has 0 bridgehead atoms. The van der Waals surface area contributed by atoms with Gasteiger partial charge in [0.25, 0.3) is 5.91 Å².